The minimum Gasteiger partial charge on any atom is -0.475 e. The van der Waals surface area contributed by atoms with Gasteiger partial charge in [0, 0.05) is 6.07 Å². The van der Waals surface area contributed by atoms with Gasteiger partial charge in [-0.15, -0.1) is 0 Å². The molecule has 1 heterocycles. The quantitative estimate of drug-likeness (QED) is 0.684. The lowest BCUT2D eigenvalue weighted by Gasteiger charge is -2.00. The van der Waals surface area contributed by atoms with Gasteiger partial charge in [0.1, 0.15) is 5.82 Å². The van der Waals surface area contributed by atoms with E-state index in [2.05, 4.69) is 0 Å². The lowest BCUT2D eigenvalue weighted by molar-refractivity contribution is -0.387. The first kappa shape index (κ1) is 13.1. The second-order valence-electron chi connectivity index (χ2n) is 3.40. The summed E-state index contributed by atoms with van der Waals surface area (Å²) < 4.78 is 18.0. The Labute approximate surface area is 110 Å². The summed E-state index contributed by atoms with van der Waals surface area (Å²) in [7, 11) is 0. The van der Waals surface area contributed by atoms with Gasteiger partial charge in [0.15, 0.2) is 5.09 Å². The number of halogens is 1. The van der Waals surface area contributed by atoms with E-state index < -0.39 is 16.7 Å². The molecule has 0 radical (unpaired) electrons. The van der Waals surface area contributed by atoms with Gasteiger partial charge < -0.3 is 9.52 Å². The van der Waals surface area contributed by atoms with Crippen LogP contribution in [0.5, 0.6) is 0 Å². The molecule has 0 aliphatic rings. The highest BCUT2D eigenvalue weighted by Crippen LogP contribution is 2.36. The van der Waals surface area contributed by atoms with Crippen LogP contribution in [0.4, 0.5) is 10.1 Å². The number of carboxylic acids is 1. The third-order valence-electron chi connectivity index (χ3n) is 2.12. The molecular weight excluding hydrogens is 277 g/mol. The highest BCUT2D eigenvalue weighted by atomic mass is 32.2. The number of carbonyl (C=O) groups is 1. The van der Waals surface area contributed by atoms with Gasteiger partial charge in [-0.2, -0.15) is 0 Å². The lowest BCUT2D eigenvalue weighted by Crippen LogP contribution is -1.92. The van der Waals surface area contributed by atoms with E-state index in [4.69, 9.17) is 9.52 Å². The molecule has 8 heteroatoms. The molecule has 0 unspecified atom stereocenters. The second kappa shape index (κ2) is 5.11. The van der Waals surface area contributed by atoms with Gasteiger partial charge in [0.25, 0.3) is 5.69 Å². The number of hydrogen-bond donors (Lipinski definition) is 1. The zero-order valence-corrected chi connectivity index (χ0v) is 10.0. The molecule has 0 amide bonds. The highest BCUT2D eigenvalue weighted by molar-refractivity contribution is 7.99. The number of furan rings is 1. The average molecular weight is 283 g/mol. The maximum atomic E-state index is 13.1. The number of aromatic carboxylic acids is 1. The fourth-order valence-corrected chi connectivity index (χ4v) is 2.22. The van der Waals surface area contributed by atoms with Crippen molar-refractivity contribution < 1.29 is 23.6 Å². The number of rotatable bonds is 4. The van der Waals surface area contributed by atoms with Crippen LogP contribution >= 0.6 is 11.8 Å². The molecule has 0 spiro atoms. The zero-order valence-electron chi connectivity index (χ0n) is 9.20. The predicted octanol–water partition coefficient (Wildman–Crippen LogP) is 3.18. The van der Waals surface area contributed by atoms with Crippen molar-refractivity contribution in [1.29, 1.82) is 0 Å². The SMILES string of the molecule is O=C(O)c1ccc(Sc2cc(F)ccc2[N+](=O)[O-])o1. The standard InChI is InChI=1S/C11H6FNO5S/c12-6-1-2-7(13(16)17)9(5-6)19-10-4-3-8(18-10)11(14)15/h1-5H,(H,14,15). The second-order valence-corrected chi connectivity index (χ2v) is 4.44. The van der Waals surface area contributed by atoms with Crippen molar-refractivity contribution in [3.05, 3.63) is 52.0 Å². The van der Waals surface area contributed by atoms with Crippen molar-refractivity contribution in [2.24, 2.45) is 0 Å². The third-order valence-corrected chi connectivity index (χ3v) is 3.09. The van der Waals surface area contributed by atoms with Gasteiger partial charge in [0.05, 0.1) is 9.82 Å². The van der Waals surface area contributed by atoms with Gasteiger partial charge in [-0.05, 0) is 36.0 Å². The van der Waals surface area contributed by atoms with Crippen LogP contribution in [-0.4, -0.2) is 16.0 Å². The molecule has 98 valence electrons. The molecule has 0 fully saturated rings. The molecule has 0 bridgehead atoms. The van der Waals surface area contributed by atoms with Gasteiger partial charge in [-0.3, -0.25) is 10.1 Å². The van der Waals surface area contributed by atoms with Crippen molar-refractivity contribution >= 4 is 23.4 Å². The molecule has 0 saturated heterocycles. The Hall–Kier alpha value is -2.35. The number of carboxylic acid groups (broad SMARTS) is 1. The Bertz CT molecular complexity index is 654. The topological polar surface area (TPSA) is 93.6 Å². The van der Waals surface area contributed by atoms with E-state index in [1.165, 1.54) is 12.1 Å². The van der Waals surface area contributed by atoms with E-state index in [1.807, 2.05) is 0 Å². The Balaban J connectivity index is 2.33. The summed E-state index contributed by atoms with van der Waals surface area (Å²) >= 11 is 0.783. The molecule has 2 aromatic rings. The lowest BCUT2D eigenvalue weighted by atomic mass is 10.3. The fourth-order valence-electron chi connectivity index (χ4n) is 1.32. The van der Waals surface area contributed by atoms with Gasteiger partial charge in [-0.1, -0.05) is 0 Å². The molecule has 19 heavy (non-hydrogen) atoms. The normalized spacial score (nSPS) is 10.4. The monoisotopic (exact) mass is 283 g/mol. The van der Waals surface area contributed by atoms with E-state index in [9.17, 15) is 19.3 Å². The Morgan fingerprint density at radius 1 is 1.37 bits per heavy atom. The maximum Gasteiger partial charge on any atom is 0.371 e. The molecule has 1 aromatic heterocycles. The maximum absolute atomic E-state index is 13.1. The smallest absolute Gasteiger partial charge is 0.371 e. The third kappa shape index (κ3) is 2.91. The van der Waals surface area contributed by atoms with E-state index in [-0.39, 0.29) is 21.4 Å². The molecular formula is C11H6FNO5S. The molecule has 1 N–H and O–H groups in total. The number of benzene rings is 1. The minimum atomic E-state index is -1.25. The molecule has 0 aliphatic carbocycles. The summed E-state index contributed by atoms with van der Waals surface area (Å²) in [6, 6.07) is 5.58. The van der Waals surface area contributed by atoms with Gasteiger partial charge in [0.2, 0.25) is 5.76 Å². The number of nitro groups is 1. The Kier molecular flexibility index (Phi) is 3.52. The minimum absolute atomic E-state index is 0.0382. The van der Waals surface area contributed by atoms with Crippen LogP contribution in [0.15, 0.2) is 44.7 Å². The van der Waals surface area contributed by atoms with Crippen molar-refractivity contribution in [3.8, 4) is 0 Å². The predicted molar refractivity (Wildman–Crippen MR) is 62.8 cm³/mol. The number of nitro benzene ring substituents is 1. The van der Waals surface area contributed by atoms with Crippen LogP contribution in [-0.2, 0) is 0 Å². The van der Waals surface area contributed by atoms with Crippen LogP contribution in [0, 0.1) is 15.9 Å². The van der Waals surface area contributed by atoms with Crippen molar-refractivity contribution in [1.82, 2.24) is 0 Å². The summed E-state index contributed by atoms with van der Waals surface area (Å²) in [4.78, 5) is 20.8. The summed E-state index contributed by atoms with van der Waals surface area (Å²) in [6.45, 7) is 0. The van der Waals surface area contributed by atoms with Crippen molar-refractivity contribution in [3.63, 3.8) is 0 Å². The average Bonchev–Trinajstić information content (AvgIpc) is 2.77. The van der Waals surface area contributed by atoms with Crippen molar-refractivity contribution in [2.45, 2.75) is 9.99 Å². The van der Waals surface area contributed by atoms with Crippen LogP contribution in [0.3, 0.4) is 0 Å². The summed E-state index contributed by atoms with van der Waals surface area (Å²) in [5.41, 5.74) is -0.278. The Morgan fingerprint density at radius 3 is 2.68 bits per heavy atom. The van der Waals surface area contributed by atoms with Crippen LogP contribution in [0.1, 0.15) is 10.6 Å². The van der Waals surface area contributed by atoms with E-state index in [0.717, 1.165) is 30.0 Å². The van der Waals surface area contributed by atoms with Crippen molar-refractivity contribution in [2.75, 3.05) is 0 Å². The molecule has 1 aromatic carbocycles. The van der Waals surface area contributed by atoms with Crippen LogP contribution < -0.4 is 0 Å². The van der Waals surface area contributed by atoms with Crippen LogP contribution in [0.25, 0.3) is 0 Å². The molecule has 0 atom stereocenters. The van der Waals surface area contributed by atoms with E-state index in [1.54, 1.807) is 0 Å². The molecule has 6 nitrogen and oxygen atoms in total. The van der Waals surface area contributed by atoms with E-state index >= 15 is 0 Å². The highest BCUT2D eigenvalue weighted by Gasteiger charge is 2.18. The summed E-state index contributed by atoms with van der Waals surface area (Å²) in [5, 5.41) is 19.6. The van der Waals surface area contributed by atoms with E-state index in [0.29, 0.717) is 0 Å². The van der Waals surface area contributed by atoms with Gasteiger partial charge in [-0.25, -0.2) is 9.18 Å². The van der Waals surface area contributed by atoms with Crippen LogP contribution in [0.2, 0.25) is 0 Å². The summed E-state index contributed by atoms with van der Waals surface area (Å²) in [6.07, 6.45) is 0. The Morgan fingerprint density at radius 2 is 2.11 bits per heavy atom. The first-order valence-electron chi connectivity index (χ1n) is 4.92. The summed E-state index contributed by atoms with van der Waals surface area (Å²) in [5.74, 6) is -2.17. The van der Waals surface area contributed by atoms with Gasteiger partial charge >= 0.3 is 5.97 Å². The number of nitrogens with zero attached hydrogens (tertiary/aromatic N) is 1. The molecule has 2 rings (SSSR count). The first-order valence-corrected chi connectivity index (χ1v) is 5.74. The molecule has 0 aliphatic heterocycles. The zero-order chi connectivity index (χ0) is 14.0. The fraction of sp³-hybridized carbons (Fsp3) is 0. The first-order chi connectivity index (χ1) is 8.97. The molecule has 0 saturated carbocycles. The number of hydrogen-bond acceptors (Lipinski definition) is 5. The largest absolute Gasteiger partial charge is 0.475 e.